The number of carbonyl (C=O) groups is 7. The molecule has 1 heterocycles. The van der Waals surface area contributed by atoms with Crippen molar-refractivity contribution < 1.29 is 68.6 Å². The SMILES string of the molecule is CC(C)(C)OC(=O)NCC(=O)OC[C@@H](CN(CC(=O)O)[C@H]1C[C@@H](C(=O)O)N(CC(=O)O)C1)N(CC(=O)O)CC(=O)O. The molecule has 1 aliphatic rings. The predicted octanol–water partition coefficient (Wildman–Crippen LogP) is -2.11. The fourth-order valence-corrected chi connectivity index (χ4v) is 4.17. The number of nitrogens with zero attached hydrogens (tertiary/aromatic N) is 3. The summed E-state index contributed by atoms with van der Waals surface area (Å²) in [5, 5.41) is 49.0. The number of esters is 1. The van der Waals surface area contributed by atoms with Crippen LogP contribution in [0.2, 0.25) is 0 Å². The van der Waals surface area contributed by atoms with Gasteiger partial charge in [0.15, 0.2) is 0 Å². The van der Waals surface area contributed by atoms with Gasteiger partial charge >= 0.3 is 41.9 Å². The van der Waals surface area contributed by atoms with Gasteiger partial charge in [0.05, 0.1) is 32.2 Å². The molecular formula is C23H36N4O14. The zero-order valence-corrected chi connectivity index (χ0v) is 22.8. The number of nitrogens with one attached hydrogen (secondary N) is 1. The van der Waals surface area contributed by atoms with Gasteiger partial charge in [-0.15, -0.1) is 0 Å². The molecule has 0 unspecified atom stereocenters. The predicted molar refractivity (Wildman–Crippen MR) is 134 cm³/mol. The van der Waals surface area contributed by atoms with E-state index in [2.05, 4.69) is 5.32 Å². The van der Waals surface area contributed by atoms with Crippen molar-refractivity contribution in [3.63, 3.8) is 0 Å². The van der Waals surface area contributed by atoms with Gasteiger partial charge < -0.3 is 40.3 Å². The number of aliphatic carboxylic acids is 5. The maximum Gasteiger partial charge on any atom is 0.408 e. The van der Waals surface area contributed by atoms with E-state index < -0.39 is 112 Å². The van der Waals surface area contributed by atoms with Gasteiger partial charge in [-0.1, -0.05) is 0 Å². The molecule has 0 spiro atoms. The van der Waals surface area contributed by atoms with E-state index in [1.54, 1.807) is 20.8 Å². The Bertz CT molecular complexity index is 981. The lowest BCUT2D eigenvalue weighted by Crippen LogP contribution is -2.54. The summed E-state index contributed by atoms with van der Waals surface area (Å²) in [6.07, 6.45) is -1.10. The molecule has 18 heteroatoms. The number of likely N-dealkylation sites (tertiary alicyclic amines) is 1. The molecule has 232 valence electrons. The summed E-state index contributed by atoms with van der Waals surface area (Å²) in [7, 11) is 0. The van der Waals surface area contributed by atoms with Crippen LogP contribution in [0.4, 0.5) is 4.79 Å². The molecular weight excluding hydrogens is 556 g/mol. The smallest absolute Gasteiger partial charge is 0.408 e. The Morgan fingerprint density at radius 2 is 1.46 bits per heavy atom. The fraction of sp³-hybridized carbons (Fsp3) is 0.696. The molecule has 0 aromatic heterocycles. The molecule has 1 rings (SSSR count). The Morgan fingerprint density at radius 3 is 1.93 bits per heavy atom. The largest absolute Gasteiger partial charge is 0.480 e. The van der Waals surface area contributed by atoms with Gasteiger partial charge in [0.1, 0.15) is 24.8 Å². The number of carboxylic acid groups (broad SMARTS) is 5. The van der Waals surface area contributed by atoms with Gasteiger partial charge in [-0.3, -0.25) is 43.5 Å². The summed E-state index contributed by atoms with van der Waals surface area (Å²) >= 11 is 0. The summed E-state index contributed by atoms with van der Waals surface area (Å²) in [4.78, 5) is 84.9. The van der Waals surface area contributed by atoms with Crippen LogP contribution < -0.4 is 5.32 Å². The molecule has 0 bridgehead atoms. The van der Waals surface area contributed by atoms with Crippen molar-refractivity contribution >= 4 is 41.9 Å². The second kappa shape index (κ2) is 15.7. The highest BCUT2D eigenvalue weighted by atomic mass is 16.6. The molecule has 0 aliphatic carbocycles. The number of alkyl carbamates (subject to hydrolysis) is 1. The van der Waals surface area contributed by atoms with E-state index in [4.69, 9.17) is 14.6 Å². The normalized spacial score (nSPS) is 18.1. The average Bonchev–Trinajstić information content (AvgIpc) is 3.20. The number of carbonyl (C=O) groups excluding carboxylic acids is 2. The van der Waals surface area contributed by atoms with Crippen LogP contribution in [0.5, 0.6) is 0 Å². The average molecular weight is 593 g/mol. The molecule has 6 N–H and O–H groups in total. The van der Waals surface area contributed by atoms with Gasteiger partial charge in [0.25, 0.3) is 0 Å². The Hall–Kier alpha value is -4.03. The third-order valence-corrected chi connectivity index (χ3v) is 5.71. The highest BCUT2D eigenvalue weighted by molar-refractivity contribution is 5.78. The molecule has 1 fully saturated rings. The molecule has 0 aromatic rings. The van der Waals surface area contributed by atoms with Gasteiger partial charge in [-0.2, -0.15) is 0 Å². The van der Waals surface area contributed by atoms with E-state index in [0.29, 0.717) is 0 Å². The van der Waals surface area contributed by atoms with Crippen LogP contribution in [0.1, 0.15) is 27.2 Å². The second-order valence-corrected chi connectivity index (χ2v) is 10.3. The number of carboxylic acids is 5. The molecule has 1 aliphatic heterocycles. The standard InChI is InChI=1S/C23H36N4O14/c1-23(2,3)41-22(39)24-5-20(36)40-12-14(26(9-17(30)31)10-18(32)33)7-25(8-16(28)29)13-4-15(21(37)38)27(6-13)11-19(34)35/h13-15H,4-12H2,1-3H3,(H,24,39)(H,28,29)(H,30,31)(H,32,33)(H,34,35)(H,37,38)/t13-,14+,15-/m0/s1. The number of amides is 1. The Labute approximate surface area is 234 Å². The topological polar surface area (TPSA) is 261 Å². The van der Waals surface area contributed by atoms with Gasteiger partial charge in [0, 0.05) is 19.1 Å². The van der Waals surface area contributed by atoms with E-state index in [-0.39, 0.29) is 13.0 Å². The van der Waals surface area contributed by atoms with Crippen molar-refractivity contribution in [1.82, 2.24) is 20.0 Å². The zero-order valence-electron chi connectivity index (χ0n) is 22.8. The first-order valence-corrected chi connectivity index (χ1v) is 12.3. The minimum absolute atomic E-state index is 0.166. The van der Waals surface area contributed by atoms with Crippen LogP contribution in [0.3, 0.4) is 0 Å². The number of hydrogen-bond donors (Lipinski definition) is 6. The van der Waals surface area contributed by atoms with Crippen molar-refractivity contribution in [1.29, 1.82) is 0 Å². The summed E-state index contributed by atoms with van der Waals surface area (Å²) in [5.74, 6) is -7.84. The van der Waals surface area contributed by atoms with Crippen molar-refractivity contribution in [2.75, 3.05) is 52.4 Å². The van der Waals surface area contributed by atoms with E-state index in [1.165, 1.54) is 4.90 Å². The molecule has 0 aromatic carbocycles. The van der Waals surface area contributed by atoms with Gasteiger partial charge in [0.2, 0.25) is 0 Å². The molecule has 41 heavy (non-hydrogen) atoms. The van der Waals surface area contributed by atoms with Crippen LogP contribution in [0, 0.1) is 0 Å². The van der Waals surface area contributed by atoms with Crippen molar-refractivity contribution in [2.45, 2.75) is 50.9 Å². The number of hydrogen-bond acceptors (Lipinski definition) is 12. The van der Waals surface area contributed by atoms with Crippen molar-refractivity contribution in [3.8, 4) is 0 Å². The monoisotopic (exact) mass is 592 g/mol. The van der Waals surface area contributed by atoms with Gasteiger partial charge in [-0.25, -0.2) is 4.79 Å². The zero-order chi connectivity index (χ0) is 31.5. The third kappa shape index (κ3) is 13.7. The molecule has 0 radical (unpaired) electrons. The highest BCUT2D eigenvalue weighted by Crippen LogP contribution is 2.23. The van der Waals surface area contributed by atoms with Crippen LogP contribution in [-0.4, -0.2) is 158 Å². The minimum atomic E-state index is -1.43. The van der Waals surface area contributed by atoms with E-state index in [1.807, 2.05) is 0 Å². The highest BCUT2D eigenvalue weighted by Gasteiger charge is 2.41. The van der Waals surface area contributed by atoms with Crippen LogP contribution in [0.25, 0.3) is 0 Å². The molecule has 3 atom stereocenters. The first-order valence-electron chi connectivity index (χ1n) is 12.3. The van der Waals surface area contributed by atoms with Crippen molar-refractivity contribution in [2.24, 2.45) is 0 Å². The van der Waals surface area contributed by atoms with Crippen LogP contribution in [-0.2, 0) is 38.2 Å². The summed E-state index contributed by atoms with van der Waals surface area (Å²) in [5.41, 5.74) is -0.846. The number of rotatable bonds is 17. The van der Waals surface area contributed by atoms with Crippen molar-refractivity contribution in [3.05, 3.63) is 0 Å². The molecule has 1 amide bonds. The Kier molecular flexibility index (Phi) is 13.4. The number of ether oxygens (including phenoxy) is 2. The maximum absolute atomic E-state index is 12.3. The lowest BCUT2D eigenvalue weighted by molar-refractivity contribution is -0.149. The second-order valence-electron chi connectivity index (χ2n) is 10.3. The first kappa shape index (κ1) is 35.0. The van der Waals surface area contributed by atoms with Crippen LogP contribution in [0.15, 0.2) is 0 Å². The lowest BCUT2D eigenvalue weighted by atomic mass is 10.1. The first-order chi connectivity index (χ1) is 18.9. The molecule has 1 saturated heterocycles. The lowest BCUT2D eigenvalue weighted by Gasteiger charge is -2.35. The Morgan fingerprint density at radius 1 is 0.902 bits per heavy atom. The quantitative estimate of drug-likeness (QED) is 0.0987. The molecule has 0 saturated carbocycles. The van der Waals surface area contributed by atoms with E-state index >= 15 is 0 Å². The van der Waals surface area contributed by atoms with Crippen LogP contribution >= 0.6 is 0 Å². The minimum Gasteiger partial charge on any atom is -0.480 e. The Balaban J connectivity index is 3.17. The molecule has 18 nitrogen and oxygen atoms in total. The summed E-state index contributed by atoms with van der Waals surface area (Å²) in [6.45, 7) is -0.0343. The fourth-order valence-electron chi connectivity index (χ4n) is 4.17. The maximum atomic E-state index is 12.3. The summed E-state index contributed by atoms with van der Waals surface area (Å²) in [6, 6.07) is -3.31. The van der Waals surface area contributed by atoms with E-state index in [0.717, 1.165) is 9.80 Å². The third-order valence-electron chi connectivity index (χ3n) is 5.71. The van der Waals surface area contributed by atoms with Gasteiger partial charge in [-0.05, 0) is 27.2 Å². The summed E-state index contributed by atoms with van der Waals surface area (Å²) < 4.78 is 10.1. The van der Waals surface area contributed by atoms with E-state index in [9.17, 15) is 54.0 Å².